The fourth-order valence-corrected chi connectivity index (χ4v) is 1.16. The fraction of sp³-hybridized carbons (Fsp3) is 0.625. The van der Waals surface area contributed by atoms with Crippen molar-refractivity contribution in [3.8, 4) is 0 Å². The molecule has 2 unspecified atom stereocenters. The molecule has 2 aliphatic rings. The van der Waals surface area contributed by atoms with Crippen LogP contribution in [-0.2, 0) is 19.0 Å². The Morgan fingerprint density at radius 2 is 2.50 bits per heavy atom. The Balaban J connectivity index is 1.96. The maximum Gasteiger partial charge on any atom is 0.335 e. The SMILES string of the molecule is C=C(C)C(=O)OC12CCOC1O2. The number of epoxide rings is 1. The Hall–Kier alpha value is -0.870. The molecule has 0 aromatic rings. The summed E-state index contributed by atoms with van der Waals surface area (Å²) in [5, 5.41) is 0. The van der Waals surface area contributed by atoms with Crippen molar-refractivity contribution in [3.63, 3.8) is 0 Å². The van der Waals surface area contributed by atoms with E-state index in [9.17, 15) is 4.79 Å². The molecule has 0 aromatic carbocycles. The van der Waals surface area contributed by atoms with Crippen LogP contribution in [0.5, 0.6) is 0 Å². The predicted octanol–water partition coefficient (Wildman–Crippen LogP) is 0.579. The van der Waals surface area contributed by atoms with E-state index in [0.29, 0.717) is 18.6 Å². The molecular formula is C8H10O4. The molecule has 0 amide bonds. The molecule has 4 nitrogen and oxygen atoms in total. The summed E-state index contributed by atoms with van der Waals surface area (Å²) in [5.74, 6) is -1.18. The molecule has 0 saturated carbocycles. The van der Waals surface area contributed by atoms with Crippen molar-refractivity contribution < 1.29 is 19.0 Å². The minimum atomic E-state index is -0.768. The zero-order valence-corrected chi connectivity index (χ0v) is 6.83. The molecule has 12 heavy (non-hydrogen) atoms. The maximum atomic E-state index is 11.1. The van der Waals surface area contributed by atoms with Crippen LogP contribution in [0.4, 0.5) is 0 Å². The van der Waals surface area contributed by atoms with Crippen molar-refractivity contribution in [1.82, 2.24) is 0 Å². The summed E-state index contributed by atoms with van der Waals surface area (Å²) < 4.78 is 15.2. The first kappa shape index (κ1) is 7.76. The Labute approximate surface area is 70.1 Å². The van der Waals surface area contributed by atoms with Gasteiger partial charge in [0.05, 0.1) is 6.61 Å². The number of hydrogen-bond donors (Lipinski definition) is 0. The Kier molecular flexibility index (Phi) is 1.49. The Bertz CT molecular complexity index is 247. The van der Waals surface area contributed by atoms with Gasteiger partial charge < -0.3 is 9.47 Å². The lowest BCUT2D eigenvalue weighted by Gasteiger charge is -2.07. The molecule has 2 aliphatic heterocycles. The first-order valence-electron chi connectivity index (χ1n) is 3.82. The summed E-state index contributed by atoms with van der Waals surface area (Å²) in [5.41, 5.74) is 0.380. The summed E-state index contributed by atoms with van der Waals surface area (Å²) in [7, 11) is 0. The van der Waals surface area contributed by atoms with E-state index >= 15 is 0 Å². The van der Waals surface area contributed by atoms with E-state index in [1.807, 2.05) is 0 Å². The molecule has 2 fully saturated rings. The highest BCUT2D eigenvalue weighted by atomic mass is 16.9. The summed E-state index contributed by atoms with van der Waals surface area (Å²) in [6, 6.07) is 0. The molecule has 0 aliphatic carbocycles. The van der Waals surface area contributed by atoms with Gasteiger partial charge in [0.1, 0.15) is 0 Å². The van der Waals surface area contributed by atoms with Crippen molar-refractivity contribution in [2.75, 3.05) is 6.61 Å². The number of esters is 1. The number of fused-ring (bicyclic) bond motifs is 1. The third kappa shape index (κ3) is 1.04. The molecule has 0 spiro atoms. The average molecular weight is 170 g/mol. The Morgan fingerprint density at radius 1 is 1.75 bits per heavy atom. The van der Waals surface area contributed by atoms with Crippen LogP contribution < -0.4 is 0 Å². The standard InChI is InChI=1S/C8H10O4/c1-5(2)6(9)11-8-3-4-10-7(8)12-8/h7H,1,3-4H2,2H3. The van der Waals surface area contributed by atoms with Crippen molar-refractivity contribution in [3.05, 3.63) is 12.2 Å². The summed E-state index contributed by atoms with van der Waals surface area (Å²) in [4.78, 5) is 11.1. The van der Waals surface area contributed by atoms with E-state index < -0.39 is 11.8 Å². The van der Waals surface area contributed by atoms with E-state index in [1.165, 1.54) is 0 Å². The van der Waals surface area contributed by atoms with Gasteiger partial charge >= 0.3 is 5.97 Å². The normalized spacial score (nSPS) is 37.2. The summed E-state index contributed by atoms with van der Waals surface area (Å²) in [6.45, 7) is 5.67. The number of ether oxygens (including phenoxy) is 3. The average Bonchev–Trinajstić information content (AvgIpc) is 2.53. The maximum absolute atomic E-state index is 11.1. The quantitative estimate of drug-likeness (QED) is 0.345. The summed E-state index contributed by atoms with van der Waals surface area (Å²) >= 11 is 0. The van der Waals surface area contributed by atoms with Gasteiger partial charge in [0.2, 0.25) is 6.29 Å². The molecule has 2 rings (SSSR count). The van der Waals surface area contributed by atoms with Gasteiger partial charge in [0.15, 0.2) is 0 Å². The lowest BCUT2D eigenvalue weighted by molar-refractivity contribution is -0.154. The lowest BCUT2D eigenvalue weighted by atomic mass is 10.3. The zero-order chi connectivity index (χ0) is 8.77. The topological polar surface area (TPSA) is 48.1 Å². The van der Waals surface area contributed by atoms with Crippen LogP contribution in [0.3, 0.4) is 0 Å². The largest absolute Gasteiger partial charge is 0.424 e. The molecule has 4 heteroatoms. The third-order valence-corrected chi connectivity index (χ3v) is 1.94. The van der Waals surface area contributed by atoms with Crippen molar-refractivity contribution in [2.24, 2.45) is 0 Å². The minimum absolute atomic E-state index is 0.333. The highest BCUT2D eigenvalue weighted by molar-refractivity contribution is 5.87. The second kappa shape index (κ2) is 2.31. The summed E-state index contributed by atoms with van der Waals surface area (Å²) in [6.07, 6.45) is 0.289. The molecule has 2 heterocycles. The lowest BCUT2D eigenvalue weighted by Crippen LogP contribution is -2.21. The van der Waals surface area contributed by atoms with Gasteiger partial charge in [-0.3, -0.25) is 4.74 Å². The second-order valence-corrected chi connectivity index (χ2v) is 3.05. The zero-order valence-electron chi connectivity index (χ0n) is 6.83. The minimum Gasteiger partial charge on any atom is -0.424 e. The van der Waals surface area contributed by atoms with Gasteiger partial charge in [0, 0.05) is 12.0 Å². The third-order valence-electron chi connectivity index (χ3n) is 1.94. The molecule has 2 saturated heterocycles. The van der Waals surface area contributed by atoms with E-state index in [0.717, 1.165) is 0 Å². The van der Waals surface area contributed by atoms with Gasteiger partial charge in [-0.05, 0) is 6.92 Å². The fourth-order valence-electron chi connectivity index (χ4n) is 1.16. The highest BCUT2D eigenvalue weighted by Gasteiger charge is 2.65. The number of rotatable bonds is 2. The van der Waals surface area contributed by atoms with Gasteiger partial charge in [-0.2, -0.15) is 0 Å². The smallest absolute Gasteiger partial charge is 0.335 e. The second-order valence-electron chi connectivity index (χ2n) is 3.05. The number of hydrogen-bond acceptors (Lipinski definition) is 4. The van der Waals surface area contributed by atoms with Crippen LogP contribution in [-0.4, -0.2) is 24.7 Å². The molecular weight excluding hydrogens is 160 g/mol. The van der Waals surface area contributed by atoms with E-state index in [-0.39, 0.29) is 6.29 Å². The van der Waals surface area contributed by atoms with Crippen LogP contribution in [0.1, 0.15) is 13.3 Å². The van der Waals surface area contributed by atoms with E-state index in [4.69, 9.17) is 14.2 Å². The Morgan fingerprint density at radius 3 is 2.92 bits per heavy atom. The van der Waals surface area contributed by atoms with Gasteiger partial charge in [0.25, 0.3) is 5.79 Å². The predicted molar refractivity (Wildman–Crippen MR) is 39.1 cm³/mol. The van der Waals surface area contributed by atoms with Gasteiger partial charge in [-0.15, -0.1) is 0 Å². The van der Waals surface area contributed by atoms with Crippen LogP contribution in [0.2, 0.25) is 0 Å². The first-order chi connectivity index (χ1) is 5.64. The molecule has 0 N–H and O–H groups in total. The molecule has 2 atom stereocenters. The van der Waals surface area contributed by atoms with E-state index in [2.05, 4.69) is 6.58 Å². The van der Waals surface area contributed by atoms with E-state index in [1.54, 1.807) is 6.92 Å². The first-order valence-corrected chi connectivity index (χ1v) is 3.82. The van der Waals surface area contributed by atoms with Crippen LogP contribution in [0.15, 0.2) is 12.2 Å². The van der Waals surface area contributed by atoms with Crippen molar-refractivity contribution in [1.29, 1.82) is 0 Å². The van der Waals surface area contributed by atoms with Crippen molar-refractivity contribution >= 4 is 5.97 Å². The molecule has 0 bridgehead atoms. The molecule has 0 aromatic heterocycles. The van der Waals surface area contributed by atoms with Crippen molar-refractivity contribution in [2.45, 2.75) is 25.4 Å². The van der Waals surface area contributed by atoms with Crippen LogP contribution in [0, 0.1) is 0 Å². The highest BCUT2D eigenvalue weighted by Crippen LogP contribution is 2.46. The molecule has 66 valence electrons. The molecule has 0 radical (unpaired) electrons. The van der Waals surface area contributed by atoms with Gasteiger partial charge in [-0.25, -0.2) is 4.79 Å². The monoisotopic (exact) mass is 170 g/mol. The van der Waals surface area contributed by atoms with Crippen LogP contribution in [0.25, 0.3) is 0 Å². The number of carbonyl (C=O) groups is 1. The number of carbonyl (C=O) groups excluding carboxylic acids is 1. The van der Waals surface area contributed by atoms with Gasteiger partial charge in [-0.1, -0.05) is 6.58 Å². The van der Waals surface area contributed by atoms with Crippen LogP contribution >= 0.6 is 0 Å².